The van der Waals surface area contributed by atoms with E-state index in [4.69, 9.17) is 4.74 Å². The van der Waals surface area contributed by atoms with Crippen LogP contribution in [0, 0.1) is 11.7 Å². The van der Waals surface area contributed by atoms with E-state index in [1.165, 1.54) is 43.3 Å². The lowest BCUT2D eigenvalue weighted by atomic mass is 9.99. The van der Waals surface area contributed by atoms with Gasteiger partial charge in [-0.3, -0.25) is 14.5 Å². The van der Waals surface area contributed by atoms with Crippen LogP contribution in [0.2, 0.25) is 0 Å². The zero-order chi connectivity index (χ0) is 35.7. The highest BCUT2D eigenvalue weighted by Gasteiger charge is 2.49. The average molecular weight is 713 g/mol. The van der Waals surface area contributed by atoms with E-state index >= 15 is 0 Å². The minimum Gasteiger partial charge on any atom is -0.493 e. The Morgan fingerprint density at radius 2 is 1.88 bits per heavy atom. The molecule has 1 saturated carbocycles. The van der Waals surface area contributed by atoms with Crippen molar-refractivity contribution in [3.05, 3.63) is 71.2 Å². The Hall–Kier alpha value is -4.35. The molecule has 3 N–H and O–H groups in total. The maximum Gasteiger partial charge on any atom is 0.534 e. The van der Waals surface area contributed by atoms with Gasteiger partial charge >= 0.3 is 15.6 Å². The van der Waals surface area contributed by atoms with Gasteiger partial charge in [0.1, 0.15) is 23.9 Å². The smallest absolute Gasteiger partial charge is 0.493 e. The van der Waals surface area contributed by atoms with E-state index in [0.29, 0.717) is 16.5 Å². The van der Waals surface area contributed by atoms with Crippen molar-refractivity contribution in [3.8, 4) is 11.5 Å². The highest BCUT2D eigenvalue weighted by Crippen LogP contribution is 2.39. The van der Waals surface area contributed by atoms with Crippen molar-refractivity contribution in [2.24, 2.45) is 5.92 Å². The predicted octanol–water partition coefficient (Wildman–Crippen LogP) is 4.37. The van der Waals surface area contributed by atoms with Crippen LogP contribution in [0.25, 0.3) is 17.0 Å². The first-order valence-electron chi connectivity index (χ1n) is 15.2. The van der Waals surface area contributed by atoms with E-state index in [0.717, 1.165) is 30.9 Å². The van der Waals surface area contributed by atoms with Gasteiger partial charge in [-0.25, -0.2) is 13.8 Å². The first-order valence-corrected chi connectivity index (χ1v) is 16.6. The van der Waals surface area contributed by atoms with Crippen LogP contribution in [-0.4, -0.2) is 79.4 Å². The van der Waals surface area contributed by atoms with Crippen molar-refractivity contribution in [1.82, 2.24) is 20.5 Å². The number of carbonyl (C=O) groups excluding carboxylic acids is 2. The molecule has 5 rings (SSSR count). The summed E-state index contributed by atoms with van der Waals surface area (Å²) in [5.74, 6) is -2.66. The number of rotatable bonds is 12. The SMILES string of the molecule is COc1cc(/C=C/C2CC2)c([C@@H](C)NC(=O)C2C[C@H](F)CN2C(O)CNC(=O)c2ccc3cc(F)ccc3n2)cc1OS(=O)(=O)C(F)(F)F. The van der Waals surface area contributed by atoms with Crippen molar-refractivity contribution in [2.45, 2.75) is 56.2 Å². The molecule has 0 radical (unpaired) electrons. The lowest BCUT2D eigenvalue weighted by Gasteiger charge is -2.29. The molecule has 4 atom stereocenters. The third kappa shape index (κ3) is 8.45. The molecule has 2 amide bonds. The molecule has 1 aliphatic heterocycles. The molecule has 0 bridgehead atoms. The monoisotopic (exact) mass is 712 g/mol. The first-order chi connectivity index (χ1) is 23.1. The van der Waals surface area contributed by atoms with E-state index in [9.17, 15) is 45.1 Å². The van der Waals surface area contributed by atoms with Crippen LogP contribution >= 0.6 is 0 Å². The molecule has 2 aromatic carbocycles. The van der Waals surface area contributed by atoms with E-state index in [1.54, 1.807) is 6.08 Å². The number of halogens is 5. The molecule has 3 aromatic rings. The van der Waals surface area contributed by atoms with E-state index in [2.05, 4.69) is 19.8 Å². The predicted molar refractivity (Wildman–Crippen MR) is 167 cm³/mol. The summed E-state index contributed by atoms with van der Waals surface area (Å²) in [4.78, 5) is 31.6. The normalized spacial score (nSPS) is 19.9. The summed E-state index contributed by atoms with van der Waals surface area (Å²) >= 11 is 0. The lowest BCUT2D eigenvalue weighted by Crippen LogP contribution is -2.51. The number of nitrogens with one attached hydrogen (secondary N) is 2. The number of ether oxygens (including phenoxy) is 1. The Kier molecular flexibility index (Phi) is 10.5. The van der Waals surface area contributed by atoms with Crippen LogP contribution in [-0.2, 0) is 14.9 Å². The van der Waals surface area contributed by atoms with Crippen LogP contribution < -0.4 is 19.6 Å². The van der Waals surface area contributed by atoms with E-state index in [1.807, 2.05) is 6.08 Å². The van der Waals surface area contributed by atoms with Crippen LogP contribution in [0.1, 0.15) is 53.8 Å². The van der Waals surface area contributed by atoms with E-state index in [-0.39, 0.29) is 35.9 Å². The molecule has 2 fully saturated rings. The molecule has 1 saturated heterocycles. The molecule has 49 heavy (non-hydrogen) atoms. The number of methoxy groups -OCH3 is 1. The summed E-state index contributed by atoms with van der Waals surface area (Å²) in [6.45, 7) is 0.746. The topological polar surface area (TPSA) is 147 Å². The zero-order valence-corrected chi connectivity index (χ0v) is 27.0. The van der Waals surface area contributed by atoms with Gasteiger partial charge in [-0.2, -0.15) is 21.6 Å². The third-order valence-electron chi connectivity index (χ3n) is 8.15. The molecule has 0 spiro atoms. The summed E-state index contributed by atoms with van der Waals surface area (Å²) in [7, 11) is -4.94. The number of benzene rings is 2. The fraction of sp³-hybridized carbons (Fsp3) is 0.406. The Labute approximate surface area is 278 Å². The Morgan fingerprint density at radius 1 is 1.14 bits per heavy atom. The van der Waals surface area contributed by atoms with Gasteiger partial charge in [-0.1, -0.05) is 18.2 Å². The number of hydrogen-bond acceptors (Lipinski definition) is 9. The van der Waals surface area contributed by atoms with Crippen LogP contribution in [0.4, 0.5) is 22.0 Å². The van der Waals surface area contributed by atoms with Crippen LogP contribution in [0.15, 0.2) is 48.5 Å². The number of hydrogen-bond donors (Lipinski definition) is 3. The van der Waals surface area contributed by atoms with Gasteiger partial charge in [0.05, 0.1) is 31.3 Å². The second-order valence-corrected chi connectivity index (χ2v) is 13.3. The molecule has 264 valence electrons. The minimum absolute atomic E-state index is 0.0170. The molecule has 2 unspecified atom stereocenters. The summed E-state index contributed by atoms with van der Waals surface area (Å²) in [6.07, 6.45) is 2.09. The van der Waals surface area contributed by atoms with Gasteiger partial charge in [-0.05, 0) is 73.2 Å². The largest absolute Gasteiger partial charge is 0.534 e. The Balaban J connectivity index is 1.31. The number of fused-ring (bicyclic) bond motifs is 1. The standard InChI is InChI=1S/C32H33F5N4O7S/c1-17(23-14-28(48-49(45,46)32(35,36)37)27(47-2)12-19(23)6-5-18-3-4-18)39-31(44)26-13-22(34)16-41(26)29(42)15-38-30(43)25-9-7-20-11-21(33)8-10-24(20)40-25/h5-12,14,17-18,22,26,29,42H,3-4,13,15-16H2,1-2H3,(H,38,43)(H,39,44)/b6-5+/t17-,22+,26?,29?/m1/s1. The Bertz CT molecular complexity index is 1870. The quantitative estimate of drug-likeness (QED) is 0.142. The minimum atomic E-state index is -6.06. The number of nitrogens with zero attached hydrogens (tertiary/aromatic N) is 2. The number of pyridine rings is 1. The molecule has 2 heterocycles. The number of aliphatic hydroxyl groups excluding tert-OH is 1. The molecule has 17 heteroatoms. The molecular weight excluding hydrogens is 679 g/mol. The number of likely N-dealkylation sites (tertiary alicyclic amines) is 1. The molecular formula is C32H33F5N4O7S. The van der Waals surface area contributed by atoms with Gasteiger partial charge in [0.25, 0.3) is 5.91 Å². The Morgan fingerprint density at radius 3 is 2.55 bits per heavy atom. The summed E-state index contributed by atoms with van der Waals surface area (Å²) in [5, 5.41) is 16.5. The fourth-order valence-electron chi connectivity index (χ4n) is 5.43. The maximum atomic E-state index is 14.6. The van der Waals surface area contributed by atoms with Gasteiger partial charge in [0.15, 0.2) is 11.5 Å². The number of amides is 2. The third-order valence-corrected chi connectivity index (χ3v) is 9.12. The van der Waals surface area contributed by atoms with Crippen molar-refractivity contribution in [3.63, 3.8) is 0 Å². The van der Waals surface area contributed by atoms with Gasteiger partial charge in [0, 0.05) is 18.4 Å². The van der Waals surface area contributed by atoms with Crippen LogP contribution in [0.5, 0.6) is 11.5 Å². The number of carbonyl (C=O) groups is 2. The second kappa shape index (κ2) is 14.2. The highest BCUT2D eigenvalue weighted by molar-refractivity contribution is 7.88. The number of alkyl halides is 4. The van der Waals surface area contributed by atoms with Crippen molar-refractivity contribution in [2.75, 3.05) is 20.2 Å². The first kappa shape index (κ1) is 35.9. The molecule has 1 aromatic heterocycles. The van der Waals surface area contributed by atoms with Crippen molar-refractivity contribution in [1.29, 1.82) is 0 Å². The van der Waals surface area contributed by atoms with Gasteiger partial charge in [0.2, 0.25) is 5.91 Å². The van der Waals surface area contributed by atoms with Gasteiger partial charge < -0.3 is 24.7 Å². The highest BCUT2D eigenvalue weighted by atomic mass is 32.2. The number of aliphatic hydroxyl groups is 1. The number of aromatic nitrogens is 1. The van der Waals surface area contributed by atoms with Gasteiger partial charge in [-0.15, -0.1) is 0 Å². The second-order valence-electron chi connectivity index (χ2n) is 11.8. The maximum absolute atomic E-state index is 14.6. The molecule has 2 aliphatic rings. The fourth-order valence-corrected chi connectivity index (χ4v) is 5.89. The van der Waals surface area contributed by atoms with Crippen LogP contribution in [0.3, 0.4) is 0 Å². The summed E-state index contributed by atoms with van der Waals surface area (Å²) in [5.41, 5.74) is -4.79. The molecule has 11 nitrogen and oxygen atoms in total. The summed E-state index contributed by atoms with van der Waals surface area (Å²) < 4.78 is 101. The van der Waals surface area contributed by atoms with Crippen molar-refractivity contribution < 1.29 is 54.0 Å². The summed E-state index contributed by atoms with van der Waals surface area (Å²) in [6, 6.07) is 6.86. The van der Waals surface area contributed by atoms with E-state index < -0.39 is 70.0 Å². The lowest BCUT2D eigenvalue weighted by molar-refractivity contribution is -0.129. The average Bonchev–Trinajstić information content (AvgIpc) is 3.79. The zero-order valence-electron chi connectivity index (χ0n) is 26.2. The van der Waals surface area contributed by atoms with Crippen molar-refractivity contribution >= 4 is 38.9 Å². The molecule has 1 aliphatic carbocycles. The number of allylic oxidation sites excluding steroid dienone is 1.